The Hall–Kier alpha value is -1.88. The van der Waals surface area contributed by atoms with Gasteiger partial charge in [0.2, 0.25) is 0 Å². The first-order chi connectivity index (χ1) is 8.63. The van der Waals surface area contributed by atoms with Gasteiger partial charge in [-0.3, -0.25) is 0 Å². The second kappa shape index (κ2) is 5.18. The average Bonchev–Trinajstić information content (AvgIpc) is 2.72. The summed E-state index contributed by atoms with van der Waals surface area (Å²) >= 11 is 5.82. The van der Waals surface area contributed by atoms with Gasteiger partial charge in [0.15, 0.2) is 5.69 Å². The molecule has 1 aromatic heterocycles. The Bertz CT molecular complexity index is 563. The number of carbonyl (C=O) groups excluding carboxylic acids is 1. The lowest BCUT2D eigenvalue weighted by Crippen LogP contribution is -2.13. The maximum Gasteiger partial charge on any atom is 0.359 e. The molecule has 6 heteroatoms. The van der Waals surface area contributed by atoms with E-state index in [-0.39, 0.29) is 0 Å². The fourth-order valence-corrected chi connectivity index (χ4v) is 1.68. The number of hydrogen-bond donors (Lipinski definition) is 0. The van der Waals surface area contributed by atoms with Gasteiger partial charge < -0.3 is 4.74 Å². The normalized spacial score (nSPS) is 10.4. The first kappa shape index (κ1) is 12.6. The van der Waals surface area contributed by atoms with Crippen LogP contribution in [0.1, 0.15) is 23.1 Å². The molecule has 0 bridgehead atoms. The van der Waals surface area contributed by atoms with Gasteiger partial charge in [0.25, 0.3) is 0 Å². The van der Waals surface area contributed by atoms with Crippen molar-refractivity contribution in [1.82, 2.24) is 15.0 Å². The Morgan fingerprint density at radius 2 is 2.06 bits per heavy atom. The Labute approximate surface area is 109 Å². The molecule has 0 saturated carbocycles. The van der Waals surface area contributed by atoms with Gasteiger partial charge in [-0.1, -0.05) is 16.8 Å². The maximum absolute atomic E-state index is 11.8. The number of halogens is 1. The van der Waals surface area contributed by atoms with Gasteiger partial charge in [-0.2, -0.15) is 0 Å². The van der Waals surface area contributed by atoms with Crippen LogP contribution in [0, 0.1) is 6.92 Å². The van der Waals surface area contributed by atoms with Crippen LogP contribution >= 0.6 is 11.6 Å². The fourth-order valence-electron chi connectivity index (χ4n) is 1.55. The van der Waals surface area contributed by atoms with E-state index in [2.05, 4.69) is 10.3 Å². The Kier molecular flexibility index (Phi) is 3.62. The smallest absolute Gasteiger partial charge is 0.359 e. The molecule has 0 amide bonds. The summed E-state index contributed by atoms with van der Waals surface area (Å²) in [6.45, 7) is 3.78. The molecule has 94 valence electrons. The van der Waals surface area contributed by atoms with E-state index in [4.69, 9.17) is 16.3 Å². The third-order valence-electron chi connectivity index (χ3n) is 2.38. The Balaban J connectivity index is 2.45. The van der Waals surface area contributed by atoms with Crippen molar-refractivity contribution < 1.29 is 9.53 Å². The summed E-state index contributed by atoms with van der Waals surface area (Å²) in [4.78, 5) is 11.8. The standard InChI is InChI=1S/C12H12ClN3O2/c1-3-18-12(17)11-8(2)14-15-16(11)10-6-4-9(13)5-7-10/h4-7H,3H2,1-2H3. The van der Waals surface area contributed by atoms with Gasteiger partial charge in [0.1, 0.15) is 0 Å². The third-order valence-corrected chi connectivity index (χ3v) is 2.63. The van der Waals surface area contributed by atoms with Crippen LogP contribution in [-0.2, 0) is 4.74 Å². The number of ether oxygens (including phenoxy) is 1. The molecular formula is C12H12ClN3O2. The van der Waals surface area contributed by atoms with Crippen LogP contribution in [0.4, 0.5) is 0 Å². The van der Waals surface area contributed by atoms with Crippen LogP contribution in [0.2, 0.25) is 5.02 Å². The Morgan fingerprint density at radius 1 is 1.39 bits per heavy atom. The lowest BCUT2D eigenvalue weighted by Gasteiger charge is -2.06. The zero-order valence-electron chi connectivity index (χ0n) is 10.1. The molecule has 1 aromatic carbocycles. The van der Waals surface area contributed by atoms with Gasteiger partial charge in [-0.05, 0) is 38.1 Å². The molecule has 0 saturated heterocycles. The molecule has 0 unspecified atom stereocenters. The second-order valence-corrected chi connectivity index (χ2v) is 4.07. The van der Waals surface area contributed by atoms with Gasteiger partial charge in [-0.15, -0.1) is 5.10 Å². The van der Waals surface area contributed by atoms with Gasteiger partial charge >= 0.3 is 5.97 Å². The summed E-state index contributed by atoms with van der Waals surface area (Å²) in [5.41, 5.74) is 1.57. The molecular weight excluding hydrogens is 254 g/mol. The highest BCUT2D eigenvalue weighted by Crippen LogP contribution is 2.16. The number of benzene rings is 1. The van der Waals surface area contributed by atoms with Crippen LogP contribution in [0.15, 0.2) is 24.3 Å². The molecule has 0 aliphatic heterocycles. The van der Waals surface area contributed by atoms with Crippen molar-refractivity contribution in [3.63, 3.8) is 0 Å². The van der Waals surface area contributed by atoms with E-state index in [0.717, 1.165) is 0 Å². The van der Waals surface area contributed by atoms with Crippen LogP contribution < -0.4 is 0 Å². The molecule has 0 fully saturated rings. The van der Waals surface area contributed by atoms with Crippen molar-refractivity contribution >= 4 is 17.6 Å². The minimum Gasteiger partial charge on any atom is -0.461 e. The lowest BCUT2D eigenvalue weighted by atomic mass is 10.3. The van der Waals surface area contributed by atoms with E-state index < -0.39 is 5.97 Å². The summed E-state index contributed by atoms with van der Waals surface area (Å²) in [5.74, 6) is -0.435. The van der Waals surface area contributed by atoms with E-state index in [9.17, 15) is 4.79 Å². The van der Waals surface area contributed by atoms with E-state index in [1.807, 2.05) is 0 Å². The predicted octanol–water partition coefficient (Wildman–Crippen LogP) is 2.41. The number of aryl methyl sites for hydroxylation is 1. The molecule has 0 aliphatic carbocycles. The summed E-state index contributed by atoms with van der Waals surface area (Å²) in [5, 5.41) is 8.46. The SMILES string of the molecule is CCOC(=O)c1c(C)nnn1-c1ccc(Cl)cc1. The van der Waals surface area contributed by atoms with Gasteiger partial charge in [0, 0.05) is 5.02 Å². The highest BCUT2D eigenvalue weighted by Gasteiger charge is 2.19. The molecule has 0 aliphatic rings. The van der Waals surface area contributed by atoms with E-state index in [1.54, 1.807) is 38.1 Å². The lowest BCUT2D eigenvalue weighted by molar-refractivity contribution is 0.0515. The van der Waals surface area contributed by atoms with Crippen LogP contribution in [0.5, 0.6) is 0 Å². The summed E-state index contributed by atoms with van der Waals surface area (Å²) in [6.07, 6.45) is 0. The number of nitrogens with zero attached hydrogens (tertiary/aromatic N) is 3. The first-order valence-electron chi connectivity index (χ1n) is 5.49. The highest BCUT2D eigenvalue weighted by molar-refractivity contribution is 6.30. The van der Waals surface area contributed by atoms with Gasteiger partial charge in [0.05, 0.1) is 18.0 Å². The van der Waals surface area contributed by atoms with E-state index in [1.165, 1.54) is 4.68 Å². The van der Waals surface area contributed by atoms with Crippen molar-refractivity contribution in [1.29, 1.82) is 0 Å². The molecule has 0 radical (unpaired) electrons. The number of aromatic nitrogens is 3. The zero-order chi connectivity index (χ0) is 13.1. The van der Waals surface area contributed by atoms with Crippen LogP contribution in [0.25, 0.3) is 5.69 Å². The molecule has 1 heterocycles. The monoisotopic (exact) mass is 265 g/mol. The molecule has 0 N–H and O–H groups in total. The van der Waals surface area contributed by atoms with Crippen molar-refractivity contribution in [2.75, 3.05) is 6.61 Å². The third kappa shape index (κ3) is 2.36. The van der Waals surface area contributed by atoms with E-state index >= 15 is 0 Å². The summed E-state index contributed by atoms with van der Waals surface area (Å²) < 4.78 is 6.44. The van der Waals surface area contributed by atoms with Crippen LogP contribution in [0.3, 0.4) is 0 Å². The largest absolute Gasteiger partial charge is 0.461 e. The highest BCUT2D eigenvalue weighted by atomic mass is 35.5. The van der Waals surface area contributed by atoms with Crippen molar-refractivity contribution in [3.8, 4) is 5.69 Å². The quantitative estimate of drug-likeness (QED) is 0.800. The average molecular weight is 266 g/mol. The first-order valence-corrected chi connectivity index (χ1v) is 5.86. The van der Waals surface area contributed by atoms with Crippen molar-refractivity contribution in [2.24, 2.45) is 0 Å². The fraction of sp³-hybridized carbons (Fsp3) is 0.250. The molecule has 18 heavy (non-hydrogen) atoms. The predicted molar refractivity (Wildman–Crippen MR) is 67.1 cm³/mol. The molecule has 0 atom stereocenters. The summed E-state index contributed by atoms with van der Waals surface area (Å²) in [7, 11) is 0. The molecule has 0 spiro atoms. The van der Waals surface area contributed by atoms with Gasteiger partial charge in [-0.25, -0.2) is 9.48 Å². The molecule has 5 nitrogen and oxygen atoms in total. The van der Waals surface area contributed by atoms with E-state index in [0.29, 0.717) is 28.7 Å². The number of hydrogen-bond acceptors (Lipinski definition) is 4. The van der Waals surface area contributed by atoms with Crippen LogP contribution in [-0.4, -0.2) is 27.6 Å². The second-order valence-electron chi connectivity index (χ2n) is 3.63. The minimum atomic E-state index is -0.435. The minimum absolute atomic E-state index is 0.310. The number of carbonyl (C=O) groups is 1. The zero-order valence-corrected chi connectivity index (χ0v) is 10.8. The Morgan fingerprint density at radius 3 is 2.67 bits per heavy atom. The molecule has 2 rings (SSSR count). The number of rotatable bonds is 3. The van der Waals surface area contributed by atoms with Crippen molar-refractivity contribution in [2.45, 2.75) is 13.8 Å². The topological polar surface area (TPSA) is 57.0 Å². The molecule has 2 aromatic rings. The maximum atomic E-state index is 11.8. The number of esters is 1. The van der Waals surface area contributed by atoms with Crippen molar-refractivity contribution in [3.05, 3.63) is 40.7 Å². The summed E-state index contributed by atoms with van der Waals surface area (Å²) in [6, 6.07) is 6.98.